The number of hydrogen-bond acceptors (Lipinski definition) is 6. The summed E-state index contributed by atoms with van der Waals surface area (Å²) in [5.41, 5.74) is 1.55. The van der Waals surface area contributed by atoms with E-state index in [1.807, 2.05) is 13.1 Å². The summed E-state index contributed by atoms with van der Waals surface area (Å²) in [6, 6.07) is 0. The van der Waals surface area contributed by atoms with E-state index >= 15 is 0 Å². The van der Waals surface area contributed by atoms with Gasteiger partial charge in [-0.05, 0) is 31.7 Å². The Kier molecular flexibility index (Phi) is 5.18. The molecule has 2 aromatic heterocycles. The van der Waals surface area contributed by atoms with E-state index in [4.69, 9.17) is 9.15 Å². The van der Waals surface area contributed by atoms with Crippen LogP contribution in [0.5, 0.6) is 0 Å². The van der Waals surface area contributed by atoms with E-state index < -0.39 is 15.7 Å². The van der Waals surface area contributed by atoms with Gasteiger partial charge >= 0.3 is 0 Å². The number of ether oxygens (including phenoxy) is 1. The van der Waals surface area contributed by atoms with Crippen molar-refractivity contribution in [2.24, 2.45) is 0 Å². The molecule has 9 nitrogen and oxygen atoms in total. The molecule has 1 aliphatic carbocycles. The van der Waals surface area contributed by atoms with Gasteiger partial charge in [-0.25, -0.2) is 12.8 Å². The molecule has 5 rings (SSSR count). The van der Waals surface area contributed by atoms with Gasteiger partial charge in [0.15, 0.2) is 11.4 Å². The zero-order chi connectivity index (χ0) is 22.7. The zero-order valence-corrected chi connectivity index (χ0v) is 19.0. The van der Waals surface area contributed by atoms with Gasteiger partial charge in [0.2, 0.25) is 10.0 Å². The average Bonchev–Trinajstić information content (AvgIpc) is 3.41. The number of amides is 1. The molecule has 3 aliphatic rings. The highest BCUT2D eigenvalue weighted by Gasteiger charge is 2.48. The maximum atomic E-state index is 15.0. The van der Waals surface area contributed by atoms with E-state index in [1.165, 1.54) is 0 Å². The summed E-state index contributed by atoms with van der Waals surface area (Å²) in [4.78, 5) is 12.7. The van der Waals surface area contributed by atoms with E-state index in [2.05, 4.69) is 10.4 Å². The topological polar surface area (TPSA) is 107 Å². The summed E-state index contributed by atoms with van der Waals surface area (Å²) in [6.45, 7) is 2.67. The number of rotatable bonds is 6. The number of hydrogen-bond donors (Lipinski definition) is 1. The number of aromatic nitrogens is 2. The molecule has 1 amide bonds. The van der Waals surface area contributed by atoms with Crippen LogP contribution < -0.4 is 5.32 Å². The van der Waals surface area contributed by atoms with E-state index in [0.717, 1.165) is 46.7 Å². The van der Waals surface area contributed by atoms with Crippen molar-refractivity contribution in [2.75, 3.05) is 32.5 Å². The SMILES string of the molecule is Cc1c(C(=O)NCC2CCCO2)oc2c1-c1nn(CC3(F)CN(S(C)(=O)=O)C3)cc1CC2. The van der Waals surface area contributed by atoms with Crippen LogP contribution in [0.1, 0.15) is 40.3 Å². The van der Waals surface area contributed by atoms with Gasteiger partial charge in [-0.3, -0.25) is 9.48 Å². The molecule has 32 heavy (non-hydrogen) atoms. The summed E-state index contributed by atoms with van der Waals surface area (Å²) in [5, 5.41) is 7.48. The fourth-order valence-corrected chi connectivity index (χ4v) is 5.70. The summed E-state index contributed by atoms with van der Waals surface area (Å²) in [5.74, 6) is 0.718. The van der Waals surface area contributed by atoms with Gasteiger partial charge in [0.1, 0.15) is 5.76 Å². The molecule has 2 aromatic rings. The van der Waals surface area contributed by atoms with Gasteiger partial charge < -0.3 is 14.5 Å². The molecule has 11 heteroatoms. The van der Waals surface area contributed by atoms with Crippen molar-refractivity contribution in [3.8, 4) is 11.3 Å². The minimum Gasteiger partial charge on any atom is -0.455 e. The summed E-state index contributed by atoms with van der Waals surface area (Å²) < 4.78 is 52.2. The Bertz CT molecular complexity index is 1160. The predicted octanol–water partition coefficient (Wildman–Crippen LogP) is 1.44. The minimum absolute atomic E-state index is 0.0208. The number of halogens is 1. The fourth-order valence-electron chi connectivity index (χ4n) is 4.76. The van der Waals surface area contributed by atoms with Crippen LogP contribution in [0, 0.1) is 6.92 Å². The number of sulfonamides is 1. The van der Waals surface area contributed by atoms with E-state index in [0.29, 0.717) is 30.8 Å². The van der Waals surface area contributed by atoms with Crippen LogP contribution >= 0.6 is 0 Å². The Morgan fingerprint density at radius 3 is 2.84 bits per heavy atom. The molecule has 2 aliphatic heterocycles. The van der Waals surface area contributed by atoms with Crippen LogP contribution in [-0.4, -0.2) is 72.7 Å². The first-order chi connectivity index (χ1) is 15.1. The van der Waals surface area contributed by atoms with Gasteiger partial charge in [0.05, 0.1) is 37.7 Å². The highest BCUT2D eigenvalue weighted by Crippen LogP contribution is 2.39. The van der Waals surface area contributed by atoms with Gasteiger partial charge in [-0.1, -0.05) is 0 Å². The summed E-state index contributed by atoms with van der Waals surface area (Å²) >= 11 is 0. The third-order valence-corrected chi connectivity index (χ3v) is 7.67. The van der Waals surface area contributed by atoms with Crippen LogP contribution in [-0.2, 0) is 34.1 Å². The molecule has 0 spiro atoms. The van der Waals surface area contributed by atoms with Gasteiger partial charge in [-0.15, -0.1) is 0 Å². The first-order valence-corrected chi connectivity index (χ1v) is 12.7. The second-order valence-corrected chi connectivity index (χ2v) is 11.1. The number of carbonyl (C=O) groups excluding carboxylic acids is 1. The fraction of sp³-hybridized carbons (Fsp3) is 0.619. The molecule has 0 radical (unpaired) electrons. The van der Waals surface area contributed by atoms with Crippen LogP contribution in [0.15, 0.2) is 10.6 Å². The molecule has 1 unspecified atom stereocenters. The lowest BCUT2D eigenvalue weighted by Gasteiger charge is -2.42. The van der Waals surface area contributed by atoms with Crippen molar-refractivity contribution in [3.63, 3.8) is 0 Å². The summed E-state index contributed by atoms with van der Waals surface area (Å²) in [7, 11) is -3.39. The summed E-state index contributed by atoms with van der Waals surface area (Å²) in [6.07, 6.45) is 6.20. The number of nitrogens with one attached hydrogen (secondary N) is 1. The Labute approximate surface area is 185 Å². The second-order valence-electron chi connectivity index (χ2n) is 9.08. The standard InChI is InChI=1S/C21H27FN4O5S/c1-13-17-16(31-19(13)20(27)23-8-15-4-3-7-30-15)6-5-14-9-25(24-18(14)17)10-21(22)11-26(12-21)32(2,28)29/h9,15H,3-8,10-12H2,1-2H3,(H,23,27). The quantitative estimate of drug-likeness (QED) is 0.691. The molecule has 0 saturated carbocycles. The molecule has 2 fully saturated rings. The van der Waals surface area contributed by atoms with Gasteiger partial charge in [0, 0.05) is 36.9 Å². The Morgan fingerprint density at radius 1 is 1.38 bits per heavy atom. The van der Waals surface area contributed by atoms with E-state index in [-0.39, 0.29) is 37.4 Å². The van der Waals surface area contributed by atoms with Crippen molar-refractivity contribution in [1.82, 2.24) is 19.4 Å². The Morgan fingerprint density at radius 2 is 2.16 bits per heavy atom. The molecule has 4 heterocycles. The van der Waals surface area contributed by atoms with Crippen molar-refractivity contribution in [1.29, 1.82) is 0 Å². The molecular weight excluding hydrogens is 439 g/mol. The van der Waals surface area contributed by atoms with Crippen molar-refractivity contribution >= 4 is 15.9 Å². The maximum absolute atomic E-state index is 15.0. The first kappa shape index (κ1) is 21.6. The average molecular weight is 467 g/mol. The van der Waals surface area contributed by atoms with Crippen LogP contribution in [0.3, 0.4) is 0 Å². The lowest BCUT2D eigenvalue weighted by molar-refractivity contribution is 0.00386. The molecule has 1 N–H and O–H groups in total. The third kappa shape index (κ3) is 3.86. The van der Waals surface area contributed by atoms with E-state index in [1.54, 1.807) is 4.68 Å². The van der Waals surface area contributed by atoms with Crippen molar-refractivity contribution < 1.29 is 26.8 Å². The predicted molar refractivity (Wildman–Crippen MR) is 114 cm³/mol. The van der Waals surface area contributed by atoms with Crippen LogP contribution in [0.4, 0.5) is 4.39 Å². The molecule has 174 valence electrons. The number of aryl methyl sites for hydroxylation is 2. The number of carbonyl (C=O) groups is 1. The van der Waals surface area contributed by atoms with Crippen molar-refractivity contribution in [3.05, 3.63) is 28.8 Å². The van der Waals surface area contributed by atoms with E-state index in [9.17, 15) is 17.6 Å². The monoisotopic (exact) mass is 466 g/mol. The lowest BCUT2D eigenvalue weighted by Crippen LogP contribution is -2.62. The normalized spacial score (nSPS) is 22.3. The third-order valence-electron chi connectivity index (χ3n) is 6.47. The van der Waals surface area contributed by atoms with Gasteiger partial charge in [0.25, 0.3) is 5.91 Å². The largest absolute Gasteiger partial charge is 0.455 e. The lowest BCUT2D eigenvalue weighted by atomic mass is 9.93. The maximum Gasteiger partial charge on any atom is 0.287 e. The molecule has 0 aromatic carbocycles. The highest BCUT2D eigenvalue weighted by atomic mass is 32.2. The molecule has 0 bridgehead atoms. The van der Waals surface area contributed by atoms with Crippen LogP contribution in [0.2, 0.25) is 0 Å². The number of nitrogens with zero attached hydrogens (tertiary/aromatic N) is 3. The number of furan rings is 1. The first-order valence-electron chi connectivity index (χ1n) is 10.9. The number of fused-ring (bicyclic) bond motifs is 3. The zero-order valence-electron chi connectivity index (χ0n) is 18.2. The molecule has 2 saturated heterocycles. The Balaban J connectivity index is 1.33. The smallest absolute Gasteiger partial charge is 0.287 e. The highest BCUT2D eigenvalue weighted by molar-refractivity contribution is 7.88. The van der Waals surface area contributed by atoms with Gasteiger partial charge in [-0.2, -0.15) is 9.40 Å². The second kappa shape index (κ2) is 7.67. The molecule has 1 atom stereocenters. The molecular formula is C21H27FN4O5S. The number of alkyl halides is 1. The Hall–Kier alpha value is -2.24. The van der Waals surface area contributed by atoms with Crippen molar-refractivity contribution in [2.45, 2.75) is 50.9 Å². The van der Waals surface area contributed by atoms with Crippen LogP contribution in [0.25, 0.3) is 11.3 Å². The minimum atomic E-state index is -3.39.